The Hall–Kier alpha value is -1.82. The van der Waals surface area contributed by atoms with E-state index in [1.807, 2.05) is 12.1 Å². The van der Waals surface area contributed by atoms with Gasteiger partial charge in [-0.15, -0.1) is 0 Å². The van der Waals surface area contributed by atoms with Crippen LogP contribution in [0.3, 0.4) is 0 Å². The normalized spacial score (nSPS) is 18.9. The van der Waals surface area contributed by atoms with E-state index >= 15 is 0 Å². The summed E-state index contributed by atoms with van der Waals surface area (Å²) in [7, 11) is 0. The number of carbonyl (C=O) groups is 2. The molecule has 5 nitrogen and oxygen atoms in total. The topological polar surface area (TPSA) is 70.8 Å². The molecule has 1 N–H and O–H groups in total. The number of hydrogen-bond acceptors (Lipinski definition) is 3. The minimum absolute atomic E-state index is 0.242. The number of fused-ring (bicyclic) bond motifs is 1. The van der Waals surface area contributed by atoms with Crippen molar-refractivity contribution in [1.29, 1.82) is 0 Å². The van der Waals surface area contributed by atoms with Crippen LogP contribution in [0.1, 0.15) is 23.4 Å². The van der Waals surface area contributed by atoms with Gasteiger partial charge in [0.15, 0.2) is 5.76 Å². The summed E-state index contributed by atoms with van der Waals surface area (Å²) < 4.78 is 6.49. The molecule has 1 aromatic heterocycles. The average Bonchev–Trinajstić information content (AvgIpc) is 2.89. The Bertz CT molecular complexity index is 709. The zero-order valence-electron chi connectivity index (χ0n) is 11.2. The summed E-state index contributed by atoms with van der Waals surface area (Å²) >= 11 is 3.38. The predicted molar refractivity (Wildman–Crippen MR) is 80.2 cm³/mol. The summed E-state index contributed by atoms with van der Waals surface area (Å²) in [5.74, 6) is -1.32. The molecule has 1 aliphatic rings. The number of benzene rings is 1. The Balaban J connectivity index is 1.84. The van der Waals surface area contributed by atoms with Crippen LogP contribution in [0.25, 0.3) is 11.0 Å². The highest BCUT2D eigenvalue weighted by atomic mass is 79.9. The third kappa shape index (κ3) is 2.81. The number of carboxylic acids is 1. The van der Waals surface area contributed by atoms with Crippen LogP contribution in [-0.2, 0) is 4.79 Å². The largest absolute Gasteiger partial charge is 0.481 e. The van der Waals surface area contributed by atoms with Crippen LogP contribution in [0.4, 0.5) is 0 Å². The first-order valence-electron chi connectivity index (χ1n) is 6.76. The van der Waals surface area contributed by atoms with Crippen LogP contribution in [0.15, 0.2) is 33.2 Å². The molecule has 2 heterocycles. The van der Waals surface area contributed by atoms with Crippen molar-refractivity contribution in [1.82, 2.24) is 4.90 Å². The van der Waals surface area contributed by atoms with Crippen molar-refractivity contribution in [3.8, 4) is 0 Å². The van der Waals surface area contributed by atoms with Crippen molar-refractivity contribution >= 4 is 38.8 Å². The second kappa shape index (κ2) is 5.52. The first kappa shape index (κ1) is 14.1. The van der Waals surface area contributed by atoms with Crippen LogP contribution in [-0.4, -0.2) is 35.0 Å². The molecule has 1 aliphatic heterocycles. The molecule has 1 saturated heterocycles. The van der Waals surface area contributed by atoms with Crippen LogP contribution in [0.2, 0.25) is 0 Å². The minimum atomic E-state index is -0.846. The molecular formula is C15H14BrNO4. The molecule has 21 heavy (non-hydrogen) atoms. The fraction of sp³-hybridized carbons (Fsp3) is 0.333. The van der Waals surface area contributed by atoms with E-state index in [-0.39, 0.29) is 18.2 Å². The molecule has 0 spiro atoms. The van der Waals surface area contributed by atoms with E-state index in [1.165, 1.54) is 0 Å². The maximum Gasteiger partial charge on any atom is 0.308 e. The molecule has 110 valence electrons. The van der Waals surface area contributed by atoms with E-state index in [1.54, 1.807) is 17.0 Å². The van der Waals surface area contributed by atoms with E-state index in [2.05, 4.69) is 15.9 Å². The van der Waals surface area contributed by atoms with E-state index in [0.29, 0.717) is 25.0 Å². The lowest BCUT2D eigenvalue weighted by atomic mass is 9.98. The van der Waals surface area contributed by atoms with Gasteiger partial charge >= 0.3 is 5.97 Å². The first-order chi connectivity index (χ1) is 10.0. The van der Waals surface area contributed by atoms with E-state index in [4.69, 9.17) is 9.52 Å². The van der Waals surface area contributed by atoms with Crippen molar-refractivity contribution in [3.05, 3.63) is 34.5 Å². The smallest absolute Gasteiger partial charge is 0.308 e. The highest BCUT2D eigenvalue weighted by molar-refractivity contribution is 9.10. The number of likely N-dealkylation sites (tertiary alicyclic amines) is 1. The Kier molecular flexibility index (Phi) is 3.71. The Morgan fingerprint density at radius 3 is 2.90 bits per heavy atom. The molecule has 0 aliphatic carbocycles. The summed E-state index contributed by atoms with van der Waals surface area (Å²) in [5.41, 5.74) is 0.647. The highest BCUT2D eigenvalue weighted by Gasteiger charge is 2.30. The molecule has 1 fully saturated rings. The van der Waals surface area contributed by atoms with Crippen molar-refractivity contribution < 1.29 is 19.1 Å². The zero-order chi connectivity index (χ0) is 15.0. The number of nitrogens with zero attached hydrogens (tertiary/aromatic N) is 1. The molecule has 1 unspecified atom stereocenters. The SMILES string of the molecule is O=C(O)C1CCCN(C(=O)c2cc3cc(Br)ccc3o2)C1. The van der Waals surface area contributed by atoms with Crippen LogP contribution >= 0.6 is 15.9 Å². The zero-order valence-corrected chi connectivity index (χ0v) is 12.8. The Labute approximate surface area is 129 Å². The minimum Gasteiger partial charge on any atom is -0.481 e. The lowest BCUT2D eigenvalue weighted by Crippen LogP contribution is -2.42. The molecule has 0 radical (unpaired) electrons. The van der Waals surface area contributed by atoms with Gasteiger partial charge in [0.05, 0.1) is 5.92 Å². The summed E-state index contributed by atoms with van der Waals surface area (Å²) in [5, 5.41) is 9.93. The van der Waals surface area contributed by atoms with E-state index in [0.717, 1.165) is 9.86 Å². The number of amides is 1. The monoisotopic (exact) mass is 351 g/mol. The van der Waals surface area contributed by atoms with Gasteiger partial charge in [-0.05, 0) is 37.1 Å². The fourth-order valence-corrected chi connectivity index (χ4v) is 3.02. The van der Waals surface area contributed by atoms with Gasteiger partial charge in [0.25, 0.3) is 5.91 Å². The quantitative estimate of drug-likeness (QED) is 0.902. The molecule has 0 bridgehead atoms. The van der Waals surface area contributed by atoms with E-state index in [9.17, 15) is 9.59 Å². The number of rotatable bonds is 2. The standard InChI is InChI=1S/C15H14BrNO4/c16-11-3-4-12-10(6-11)7-13(21-12)14(18)17-5-1-2-9(8-17)15(19)20/h3-4,6-7,9H,1-2,5,8H2,(H,19,20). The molecular weight excluding hydrogens is 338 g/mol. The molecule has 0 saturated carbocycles. The summed E-state index contributed by atoms with van der Waals surface area (Å²) in [6.07, 6.45) is 1.32. The molecule has 1 amide bonds. The van der Waals surface area contributed by atoms with Crippen LogP contribution < -0.4 is 0 Å². The second-order valence-corrected chi connectivity index (χ2v) is 6.14. The van der Waals surface area contributed by atoms with Crippen molar-refractivity contribution in [2.75, 3.05) is 13.1 Å². The molecule has 1 atom stereocenters. The van der Waals surface area contributed by atoms with Gasteiger partial charge in [-0.25, -0.2) is 0 Å². The van der Waals surface area contributed by atoms with Gasteiger partial charge in [0.2, 0.25) is 0 Å². The average molecular weight is 352 g/mol. The number of hydrogen-bond donors (Lipinski definition) is 1. The van der Waals surface area contributed by atoms with E-state index < -0.39 is 11.9 Å². The molecule has 6 heteroatoms. The van der Waals surface area contributed by atoms with Gasteiger partial charge in [-0.1, -0.05) is 15.9 Å². The van der Waals surface area contributed by atoms with Crippen molar-refractivity contribution in [2.24, 2.45) is 5.92 Å². The lowest BCUT2D eigenvalue weighted by Gasteiger charge is -2.29. The van der Waals surface area contributed by atoms with Gasteiger partial charge in [0.1, 0.15) is 5.58 Å². The number of piperidine rings is 1. The summed E-state index contributed by atoms with van der Waals surface area (Å²) in [6.45, 7) is 0.818. The maximum atomic E-state index is 12.4. The van der Waals surface area contributed by atoms with Crippen LogP contribution in [0, 0.1) is 5.92 Å². The van der Waals surface area contributed by atoms with Gasteiger partial charge in [-0.2, -0.15) is 0 Å². The van der Waals surface area contributed by atoms with Crippen LogP contribution in [0.5, 0.6) is 0 Å². The maximum absolute atomic E-state index is 12.4. The number of halogens is 1. The third-order valence-corrected chi connectivity index (χ3v) is 4.24. The van der Waals surface area contributed by atoms with Crippen molar-refractivity contribution in [3.63, 3.8) is 0 Å². The molecule has 1 aromatic carbocycles. The first-order valence-corrected chi connectivity index (χ1v) is 7.55. The molecule has 2 aromatic rings. The third-order valence-electron chi connectivity index (χ3n) is 3.75. The van der Waals surface area contributed by atoms with Gasteiger partial charge < -0.3 is 14.4 Å². The Morgan fingerprint density at radius 1 is 1.33 bits per heavy atom. The second-order valence-electron chi connectivity index (χ2n) is 5.22. The summed E-state index contributed by atoms with van der Waals surface area (Å²) in [4.78, 5) is 25.1. The predicted octanol–water partition coefficient (Wildman–Crippen LogP) is 3.13. The summed E-state index contributed by atoms with van der Waals surface area (Å²) in [6, 6.07) is 7.23. The van der Waals surface area contributed by atoms with Crippen molar-refractivity contribution in [2.45, 2.75) is 12.8 Å². The highest BCUT2D eigenvalue weighted by Crippen LogP contribution is 2.25. The number of carbonyl (C=O) groups excluding carboxylic acids is 1. The number of furan rings is 1. The number of carboxylic acid groups (broad SMARTS) is 1. The number of aliphatic carboxylic acids is 1. The van der Waals surface area contributed by atoms with Gasteiger partial charge in [-0.3, -0.25) is 9.59 Å². The fourth-order valence-electron chi connectivity index (χ4n) is 2.64. The molecule has 3 rings (SSSR count). The van der Waals surface area contributed by atoms with Gasteiger partial charge in [0, 0.05) is 22.9 Å². The Morgan fingerprint density at radius 2 is 2.14 bits per heavy atom. The lowest BCUT2D eigenvalue weighted by molar-refractivity contribution is -0.143.